The maximum absolute atomic E-state index is 5.64. The standard InChI is InChI=1S/C16H11N5O2S/c1-2-11(9-17-5-1)14-18-19-16-21(14)20-15(24-16)10-3-4-12-13(8-10)23-7-6-22-12/h1-5,8-9H,6-7H2. The van der Waals surface area contributed by atoms with E-state index >= 15 is 0 Å². The number of benzene rings is 1. The fourth-order valence-corrected chi connectivity index (χ4v) is 3.42. The second kappa shape index (κ2) is 5.27. The molecule has 1 aliphatic rings. The Hall–Kier alpha value is -3.00. The molecule has 3 aromatic heterocycles. The monoisotopic (exact) mass is 337 g/mol. The third kappa shape index (κ3) is 2.11. The lowest BCUT2D eigenvalue weighted by Crippen LogP contribution is -2.15. The first-order valence-electron chi connectivity index (χ1n) is 7.41. The summed E-state index contributed by atoms with van der Waals surface area (Å²) in [5.41, 5.74) is 1.84. The van der Waals surface area contributed by atoms with Crippen LogP contribution >= 0.6 is 11.3 Å². The molecule has 0 unspecified atom stereocenters. The van der Waals surface area contributed by atoms with E-state index < -0.39 is 0 Å². The minimum Gasteiger partial charge on any atom is -0.486 e. The Morgan fingerprint density at radius 3 is 2.79 bits per heavy atom. The zero-order valence-corrected chi connectivity index (χ0v) is 13.2. The number of nitrogens with zero attached hydrogens (tertiary/aromatic N) is 5. The highest BCUT2D eigenvalue weighted by molar-refractivity contribution is 7.19. The lowest BCUT2D eigenvalue weighted by atomic mass is 10.2. The van der Waals surface area contributed by atoms with Gasteiger partial charge in [0.1, 0.15) is 18.2 Å². The van der Waals surface area contributed by atoms with Crippen LogP contribution in [-0.4, -0.2) is 38.0 Å². The molecular weight excluding hydrogens is 326 g/mol. The first-order chi connectivity index (χ1) is 11.9. The first-order valence-corrected chi connectivity index (χ1v) is 8.23. The lowest BCUT2D eigenvalue weighted by molar-refractivity contribution is 0.171. The molecule has 0 fully saturated rings. The molecule has 1 aromatic carbocycles. The molecule has 0 N–H and O–H groups in total. The van der Waals surface area contributed by atoms with Crippen LogP contribution in [0.25, 0.3) is 26.9 Å². The summed E-state index contributed by atoms with van der Waals surface area (Å²) in [6.07, 6.45) is 3.48. The summed E-state index contributed by atoms with van der Waals surface area (Å²) >= 11 is 1.48. The molecule has 8 heteroatoms. The van der Waals surface area contributed by atoms with Crippen molar-refractivity contribution in [2.24, 2.45) is 0 Å². The number of ether oxygens (including phenoxy) is 2. The van der Waals surface area contributed by atoms with Gasteiger partial charge in [-0.1, -0.05) is 11.3 Å². The maximum Gasteiger partial charge on any atom is 0.235 e. The Morgan fingerprint density at radius 1 is 1.00 bits per heavy atom. The van der Waals surface area contributed by atoms with E-state index in [2.05, 4.69) is 20.3 Å². The molecule has 0 radical (unpaired) electrons. The SMILES string of the molecule is c1cncc(-c2nnc3sc(-c4ccc5c(c4)OCCO5)nn23)c1. The van der Waals surface area contributed by atoms with Gasteiger partial charge in [0.25, 0.3) is 0 Å². The molecule has 0 aliphatic carbocycles. The van der Waals surface area contributed by atoms with Crippen LogP contribution in [0.3, 0.4) is 0 Å². The zero-order valence-electron chi connectivity index (χ0n) is 12.4. The summed E-state index contributed by atoms with van der Waals surface area (Å²) in [7, 11) is 0. The maximum atomic E-state index is 5.64. The van der Waals surface area contributed by atoms with Crippen molar-refractivity contribution in [3.05, 3.63) is 42.7 Å². The number of fused-ring (bicyclic) bond motifs is 2. The highest BCUT2D eigenvalue weighted by atomic mass is 32.1. The highest BCUT2D eigenvalue weighted by Gasteiger charge is 2.17. The van der Waals surface area contributed by atoms with Crippen LogP contribution in [0.1, 0.15) is 0 Å². The predicted molar refractivity (Wildman–Crippen MR) is 88.3 cm³/mol. The van der Waals surface area contributed by atoms with E-state index in [4.69, 9.17) is 9.47 Å². The number of hydrogen-bond donors (Lipinski definition) is 0. The van der Waals surface area contributed by atoms with Crippen LogP contribution < -0.4 is 9.47 Å². The van der Waals surface area contributed by atoms with Crippen molar-refractivity contribution in [3.63, 3.8) is 0 Å². The molecule has 0 bridgehead atoms. The van der Waals surface area contributed by atoms with Crippen LogP contribution in [0.15, 0.2) is 42.7 Å². The highest BCUT2D eigenvalue weighted by Crippen LogP contribution is 2.36. The van der Waals surface area contributed by atoms with Crippen molar-refractivity contribution in [3.8, 4) is 33.5 Å². The molecule has 0 saturated heterocycles. The Balaban J connectivity index is 1.60. The minimum atomic E-state index is 0.562. The Kier molecular flexibility index (Phi) is 2.95. The third-order valence-electron chi connectivity index (χ3n) is 3.70. The van der Waals surface area contributed by atoms with Gasteiger partial charge in [-0.2, -0.15) is 9.61 Å². The Morgan fingerprint density at radius 2 is 1.92 bits per heavy atom. The molecule has 4 aromatic rings. The van der Waals surface area contributed by atoms with Crippen LogP contribution in [0.2, 0.25) is 0 Å². The van der Waals surface area contributed by atoms with Gasteiger partial charge in [-0.15, -0.1) is 10.2 Å². The molecule has 7 nitrogen and oxygen atoms in total. The van der Waals surface area contributed by atoms with Gasteiger partial charge in [0.15, 0.2) is 17.3 Å². The van der Waals surface area contributed by atoms with Crippen molar-refractivity contribution < 1.29 is 9.47 Å². The first kappa shape index (κ1) is 13.4. The Bertz CT molecular complexity index is 1030. The van der Waals surface area contributed by atoms with E-state index in [0.717, 1.165) is 32.6 Å². The lowest BCUT2D eigenvalue weighted by Gasteiger charge is -2.18. The topological polar surface area (TPSA) is 74.4 Å². The molecule has 0 saturated carbocycles. The molecule has 1 aliphatic heterocycles. The minimum absolute atomic E-state index is 0.562. The van der Waals surface area contributed by atoms with E-state index in [1.807, 2.05) is 30.3 Å². The average molecular weight is 337 g/mol. The van der Waals surface area contributed by atoms with Gasteiger partial charge in [-0.3, -0.25) is 4.98 Å². The van der Waals surface area contributed by atoms with Gasteiger partial charge in [-0.05, 0) is 30.3 Å². The second-order valence-electron chi connectivity index (χ2n) is 5.23. The fourth-order valence-electron chi connectivity index (χ4n) is 2.59. The van der Waals surface area contributed by atoms with Crippen molar-refractivity contribution in [2.75, 3.05) is 13.2 Å². The molecule has 0 atom stereocenters. The van der Waals surface area contributed by atoms with Crippen LogP contribution in [0.4, 0.5) is 0 Å². The van der Waals surface area contributed by atoms with Gasteiger partial charge in [0, 0.05) is 23.5 Å². The van der Waals surface area contributed by atoms with E-state index in [1.54, 1.807) is 16.9 Å². The van der Waals surface area contributed by atoms with Gasteiger partial charge in [0.05, 0.1) is 0 Å². The second-order valence-corrected chi connectivity index (χ2v) is 6.18. The van der Waals surface area contributed by atoms with E-state index in [0.29, 0.717) is 19.0 Å². The Labute approximate surface area is 140 Å². The predicted octanol–water partition coefficient (Wildman–Crippen LogP) is 2.69. The summed E-state index contributed by atoms with van der Waals surface area (Å²) in [6, 6.07) is 9.64. The van der Waals surface area contributed by atoms with Crippen molar-refractivity contribution in [1.82, 2.24) is 24.8 Å². The van der Waals surface area contributed by atoms with Gasteiger partial charge in [0.2, 0.25) is 4.96 Å². The van der Waals surface area contributed by atoms with Crippen molar-refractivity contribution in [2.45, 2.75) is 0 Å². The average Bonchev–Trinajstić information content (AvgIpc) is 3.23. The fraction of sp³-hybridized carbons (Fsp3) is 0.125. The number of pyridine rings is 1. The smallest absolute Gasteiger partial charge is 0.235 e. The number of rotatable bonds is 2. The van der Waals surface area contributed by atoms with Crippen LogP contribution in [-0.2, 0) is 0 Å². The molecule has 4 heterocycles. The molecular formula is C16H11N5O2S. The number of hydrogen-bond acceptors (Lipinski definition) is 7. The molecule has 5 rings (SSSR count). The zero-order chi connectivity index (χ0) is 15.9. The summed E-state index contributed by atoms with van der Waals surface area (Å²) in [4.78, 5) is 4.86. The van der Waals surface area contributed by atoms with Crippen LogP contribution in [0, 0.1) is 0 Å². The molecule has 118 valence electrons. The largest absolute Gasteiger partial charge is 0.486 e. The summed E-state index contributed by atoms with van der Waals surface area (Å²) in [5, 5.41) is 13.9. The third-order valence-corrected chi connectivity index (χ3v) is 4.65. The molecule has 0 amide bonds. The summed E-state index contributed by atoms with van der Waals surface area (Å²) < 4.78 is 12.9. The number of aromatic nitrogens is 5. The summed E-state index contributed by atoms with van der Waals surface area (Å²) in [6.45, 7) is 1.14. The summed E-state index contributed by atoms with van der Waals surface area (Å²) in [5.74, 6) is 2.19. The quantitative estimate of drug-likeness (QED) is 0.560. The van der Waals surface area contributed by atoms with Gasteiger partial charge < -0.3 is 9.47 Å². The normalized spacial score (nSPS) is 13.3. The van der Waals surface area contributed by atoms with Gasteiger partial charge >= 0.3 is 0 Å². The van der Waals surface area contributed by atoms with E-state index in [9.17, 15) is 0 Å². The molecule has 24 heavy (non-hydrogen) atoms. The van der Waals surface area contributed by atoms with E-state index in [-0.39, 0.29) is 0 Å². The van der Waals surface area contributed by atoms with Crippen molar-refractivity contribution in [1.29, 1.82) is 0 Å². The van der Waals surface area contributed by atoms with Gasteiger partial charge in [-0.25, -0.2) is 0 Å². The van der Waals surface area contributed by atoms with Crippen molar-refractivity contribution >= 4 is 16.3 Å². The van der Waals surface area contributed by atoms with Crippen LogP contribution in [0.5, 0.6) is 11.5 Å². The molecule has 0 spiro atoms. The van der Waals surface area contributed by atoms with E-state index in [1.165, 1.54) is 11.3 Å².